The van der Waals surface area contributed by atoms with Gasteiger partial charge in [0.1, 0.15) is 11.5 Å². The Bertz CT molecular complexity index is 654. The lowest BCUT2D eigenvalue weighted by molar-refractivity contribution is -0.123. The van der Waals surface area contributed by atoms with Gasteiger partial charge in [0.05, 0.1) is 12.5 Å². The standard InChI is InChI=1S/C17H17NO3/c19-15-7-3-1-5-12(15)11-18-17(20)14-9-10-21-16-8-4-2-6-13(14)16/h1-8,14,19H,9-11H2,(H,18,20). The number of aromatic hydroxyl groups is 1. The second kappa shape index (κ2) is 5.87. The van der Waals surface area contributed by atoms with Crippen LogP contribution in [-0.4, -0.2) is 17.6 Å². The van der Waals surface area contributed by atoms with Crippen molar-refractivity contribution in [1.82, 2.24) is 5.32 Å². The number of rotatable bonds is 3. The number of carbonyl (C=O) groups is 1. The number of nitrogens with one attached hydrogen (secondary N) is 1. The van der Waals surface area contributed by atoms with Gasteiger partial charge in [0.2, 0.25) is 5.91 Å². The monoisotopic (exact) mass is 283 g/mol. The largest absolute Gasteiger partial charge is 0.508 e. The molecule has 4 heteroatoms. The highest BCUT2D eigenvalue weighted by Crippen LogP contribution is 2.33. The predicted molar refractivity (Wildman–Crippen MR) is 79.2 cm³/mol. The normalized spacial score (nSPS) is 16.7. The van der Waals surface area contributed by atoms with E-state index in [9.17, 15) is 9.90 Å². The summed E-state index contributed by atoms with van der Waals surface area (Å²) in [6.45, 7) is 0.872. The van der Waals surface area contributed by atoms with Crippen molar-refractivity contribution in [3.8, 4) is 11.5 Å². The van der Waals surface area contributed by atoms with Gasteiger partial charge in [-0.15, -0.1) is 0 Å². The van der Waals surface area contributed by atoms with Crippen LogP contribution in [0.4, 0.5) is 0 Å². The summed E-state index contributed by atoms with van der Waals surface area (Å²) >= 11 is 0. The van der Waals surface area contributed by atoms with Crippen molar-refractivity contribution in [1.29, 1.82) is 0 Å². The van der Waals surface area contributed by atoms with E-state index in [1.165, 1.54) is 0 Å². The van der Waals surface area contributed by atoms with Crippen LogP contribution in [0.15, 0.2) is 48.5 Å². The molecule has 0 saturated heterocycles. The maximum absolute atomic E-state index is 12.4. The lowest BCUT2D eigenvalue weighted by atomic mass is 9.92. The molecule has 2 aromatic rings. The van der Waals surface area contributed by atoms with Crippen molar-refractivity contribution in [3.63, 3.8) is 0 Å². The van der Waals surface area contributed by atoms with E-state index in [1.807, 2.05) is 30.3 Å². The Balaban J connectivity index is 1.71. The van der Waals surface area contributed by atoms with Gasteiger partial charge >= 0.3 is 0 Å². The molecule has 21 heavy (non-hydrogen) atoms. The zero-order valence-corrected chi connectivity index (χ0v) is 11.6. The van der Waals surface area contributed by atoms with Crippen molar-refractivity contribution in [2.75, 3.05) is 6.61 Å². The van der Waals surface area contributed by atoms with Crippen LogP contribution in [0.1, 0.15) is 23.5 Å². The molecule has 1 aliphatic heterocycles. The Labute approximate surface area is 123 Å². The van der Waals surface area contributed by atoms with E-state index in [0.717, 1.165) is 11.3 Å². The molecule has 1 atom stereocenters. The third kappa shape index (κ3) is 2.84. The second-order valence-corrected chi connectivity index (χ2v) is 5.07. The molecule has 0 radical (unpaired) electrons. The lowest BCUT2D eigenvalue weighted by Gasteiger charge is -2.25. The van der Waals surface area contributed by atoms with Crippen LogP contribution in [0.5, 0.6) is 11.5 Å². The van der Waals surface area contributed by atoms with Gasteiger partial charge in [-0.25, -0.2) is 0 Å². The van der Waals surface area contributed by atoms with Crippen LogP contribution in [-0.2, 0) is 11.3 Å². The summed E-state index contributed by atoms with van der Waals surface area (Å²) in [6.07, 6.45) is 0.670. The molecule has 4 nitrogen and oxygen atoms in total. The van der Waals surface area contributed by atoms with Gasteiger partial charge in [0.15, 0.2) is 0 Å². The molecule has 3 rings (SSSR count). The van der Waals surface area contributed by atoms with Crippen molar-refractivity contribution >= 4 is 5.91 Å². The highest BCUT2D eigenvalue weighted by molar-refractivity contribution is 5.84. The van der Waals surface area contributed by atoms with Gasteiger partial charge in [-0.3, -0.25) is 4.79 Å². The first-order chi connectivity index (χ1) is 10.3. The Hall–Kier alpha value is -2.49. The zero-order chi connectivity index (χ0) is 14.7. The van der Waals surface area contributed by atoms with Gasteiger partial charge in [0.25, 0.3) is 0 Å². The highest BCUT2D eigenvalue weighted by atomic mass is 16.5. The molecule has 0 spiro atoms. The summed E-state index contributed by atoms with van der Waals surface area (Å²) in [5.41, 5.74) is 1.64. The van der Waals surface area contributed by atoms with Crippen LogP contribution >= 0.6 is 0 Å². The van der Waals surface area contributed by atoms with Gasteiger partial charge < -0.3 is 15.2 Å². The number of ether oxygens (including phenoxy) is 1. The number of fused-ring (bicyclic) bond motifs is 1. The Morgan fingerprint density at radius 2 is 1.95 bits per heavy atom. The highest BCUT2D eigenvalue weighted by Gasteiger charge is 2.27. The first-order valence-electron chi connectivity index (χ1n) is 7.02. The summed E-state index contributed by atoms with van der Waals surface area (Å²) in [7, 11) is 0. The fourth-order valence-electron chi connectivity index (χ4n) is 2.58. The van der Waals surface area contributed by atoms with Gasteiger partial charge in [-0.2, -0.15) is 0 Å². The van der Waals surface area contributed by atoms with Crippen LogP contribution in [0.2, 0.25) is 0 Å². The molecule has 0 saturated carbocycles. The fraction of sp³-hybridized carbons (Fsp3) is 0.235. The molecular formula is C17H17NO3. The number of hydrogen-bond donors (Lipinski definition) is 2. The Morgan fingerprint density at radius 3 is 2.81 bits per heavy atom. The summed E-state index contributed by atoms with van der Waals surface area (Å²) in [5.74, 6) is 0.756. The summed E-state index contributed by atoms with van der Waals surface area (Å²) in [6, 6.07) is 14.6. The van der Waals surface area contributed by atoms with Crippen molar-refractivity contribution < 1.29 is 14.6 Å². The molecule has 108 valence electrons. The van der Waals surface area contributed by atoms with E-state index in [2.05, 4.69) is 5.32 Å². The van der Waals surface area contributed by atoms with E-state index >= 15 is 0 Å². The van der Waals surface area contributed by atoms with E-state index in [-0.39, 0.29) is 17.6 Å². The number of para-hydroxylation sites is 2. The van der Waals surface area contributed by atoms with Crippen LogP contribution in [0, 0.1) is 0 Å². The number of hydrogen-bond acceptors (Lipinski definition) is 3. The molecule has 1 unspecified atom stereocenters. The molecule has 0 aliphatic carbocycles. The van der Waals surface area contributed by atoms with Gasteiger partial charge in [-0.1, -0.05) is 36.4 Å². The molecule has 0 fully saturated rings. The summed E-state index contributed by atoms with van der Waals surface area (Å²) < 4.78 is 5.57. The number of benzene rings is 2. The minimum Gasteiger partial charge on any atom is -0.508 e. The first-order valence-corrected chi connectivity index (χ1v) is 7.02. The molecule has 1 amide bonds. The predicted octanol–water partition coefficient (Wildman–Crippen LogP) is 2.57. The molecule has 0 bridgehead atoms. The summed E-state index contributed by atoms with van der Waals surface area (Å²) in [5, 5.41) is 12.6. The van der Waals surface area contributed by atoms with Gasteiger partial charge in [-0.05, 0) is 18.6 Å². The zero-order valence-electron chi connectivity index (χ0n) is 11.6. The average Bonchev–Trinajstić information content (AvgIpc) is 2.53. The topological polar surface area (TPSA) is 58.6 Å². The molecule has 2 N–H and O–H groups in total. The third-order valence-electron chi connectivity index (χ3n) is 3.72. The lowest BCUT2D eigenvalue weighted by Crippen LogP contribution is -2.32. The first kappa shape index (κ1) is 13.5. The number of phenols is 1. The fourth-order valence-corrected chi connectivity index (χ4v) is 2.58. The number of phenolic OH excluding ortho intramolecular Hbond substituents is 1. The van der Waals surface area contributed by atoms with Crippen LogP contribution in [0.3, 0.4) is 0 Å². The van der Waals surface area contributed by atoms with Crippen LogP contribution in [0.25, 0.3) is 0 Å². The SMILES string of the molecule is O=C(NCc1ccccc1O)C1CCOc2ccccc21. The maximum Gasteiger partial charge on any atom is 0.228 e. The van der Waals surface area contributed by atoms with E-state index < -0.39 is 0 Å². The third-order valence-corrected chi connectivity index (χ3v) is 3.72. The average molecular weight is 283 g/mol. The quantitative estimate of drug-likeness (QED) is 0.910. The smallest absolute Gasteiger partial charge is 0.228 e. The molecule has 0 aromatic heterocycles. The van der Waals surface area contributed by atoms with Crippen molar-refractivity contribution in [2.24, 2.45) is 0 Å². The molecule has 1 heterocycles. The van der Waals surface area contributed by atoms with E-state index in [0.29, 0.717) is 25.1 Å². The molecular weight excluding hydrogens is 266 g/mol. The summed E-state index contributed by atoms with van der Waals surface area (Å²) in [4.78, 5) is 12.4. The molecule has 1 aliphatic rings. The van der Waals surface area contributed by atoms with E-state index in [4.69, 9.17) is 4.74 Å². The Kier molecular flexibility index (Phi) is 3.77. The molecule has 2 aromatic carbocycles. The van der Waals surface area contributed by atoms with Crippen molar-refractivity contribution in [3.05, 3.63) is 59.7 Å². The minimum atomic E-state index is -0.194. The maximum atomic E-state index is 12.4. The Morgan fingerprint density at radius 1 is 1.19 bits per heavy atom. The van der Waals surface area contributed by atoms with Crippen LogP contribution < -0.4 is 10.1 Å². The van der Waals surface area contributed by atoms with Gasteiger partial charge in [0, 0.05) is 17.7 Å². The minimum absolute atomic E-state index is 0.0333. The van der Waals surface area contributed by atoms with Crippen molar-refractivity contribution in [2.45, 2.75) is 18.9 Å². The van der Waals surface area contributed by atoms with E-state index in [1.54, 1.807) is 18.2 Å². The second-order valence-electron chi connectivity index (χ2n) is 5.07. The number of carbonyl (C=O) groups excluding carboxylic acids is 1. The number of amides is 1.